The van der Waals surface area contributed by atoms with Gasteiger partial charge in [0.05, 0.1) is 22.6 Å². The van der Waals surface area contributed by atoms with E-state index in [-0.39, 0.29) is 0 Å². The number of hydrogen-bond acceptors (Lipinski definition) is 3. The van der Waals surface area contributed by atoms with Crippen LogP contribution in [-0.2, 0) is 0 Å². The van der Waals surface area contributed by atoms with Crippen LogP contribution in [0.2, 0.25) is 0 Å². The summed E-state index contributed by atoms with van der Waals surface area (Å²) in [5.41, 5.74) is 7.76. The second kappa shape index (κ2) is 13.6. The fourth-order valence-corrected chi connectivity index (χ4v) is 10.0. The Hall–Kier alpha value is -8.27. The van der Waals surface area contributed by atoms with Crippen molar-refractivity contribution in [2.45, 2.75) is 0 Å². The van der Waals surface area contributed by atoms with Crippen LogP contribution >= 0.6 is 0 Å². The minimum absolute atomic E-state index is 0.689. The first kappa shape index (κ1) is 34.6. The second-order valence-corrected chi connectivity index (χ2v) is 16.2. The van der Waals surface area contributed by atoms with Crippen molar-refractivity contribution in [3.8, 4) is 45.2 Å². The highest BCUT2D eigenvalue weighted by molar-refractivity contribution is 6.33. The van der Waals surface area contributed by atoms with Crippen LogP contribution in [-0.4, -0.2) is 15.0 Å². The summed E-state index contributed by atoms with van der Waals surface area (Å²) in [6.45, 7) is 0. The predicted octanol–water partition coefficient (Wildman–Crippen LogP) is 15.8. The first-order valence-corrected chi connectivity index (χ1v) is 21.2. The molecular formula is C59H35N3. The van der Waals surface area contributed by atoms with Gasteiger partial charge in [-0.25, -0.2) is 15.0 Å². The molecule has 0 atom stereocenters. The maximum Gasteiger partial charge on any atom is 0.161 e. The molecule has 0 N–H and O–H groups in total. The van der Waals surface area contributed by atoms with E-state index in [0.29, 0.717) is 5.82 Å². The van der Waals surface area contributed by atoms with E-state index in [1.54, 1.807) is 0 Å². The highest BCUT2D eigenvalue weighted by atomic mass is 14.9. The molecular weight excluding hydrogens is 751 g/mol. The van der Waals surface area contributed by atoms with Crippen LogP contribution in [0.15, 0.2) is 212 Å². The molecule has 11 aromatic carbocycles. The molecule has 0 saturated carbocycles. The van der Waals surface area contributed by atoms with Gasteiger partial charge in [0.25, 0.3) is 0 Å². The van der Waals surface area contributed by atoms with Gasteiger partial charge in [0.1, 0.15) is 0 Å². The number of fused-ring (bicyclic) bond motifs is 14. The molecule has 0 aliphatic heterocycles. The predicted molar refractivity (Wildman–Crippen MR) is 262 cm³/mol. The second-order valence-electron chi connectivity index (χ2n) is 16.2. The first-order chi connectivity index (χ1) is 30.7. The molecule has 0 saturated heterocycles. The first-order valence-electron chi connectivity index (χ1n) is 21.2. The van der Waals surface area contributed by atoms with Crippen LogP contribution in [0, 0.1) is 0 Å². The van der Waals surface area contributed by atoms with E-state index < -0.39 is 0 Å². The van der Waals surface area contributed by atoms with Gasteiger partial charge in [-0.15, -0.1) is 0 Å². The average molecular weight is 786 g/mol. The van der Waals surface area contributed by atoms with Gasteiger partial charge in [-0.3, -0.25) is 0 Å². The van der Waals surface area contributed by atoms with Crippen LogP contribution in [0.1, 0.15) is 0 Å². The number of para-hydroxylation sites is 1. The summed E-state index contributed by atoms with van der Waals surface area (Å²) in [7, 11) is 0. The highest BCUT2D eigenvalue weighted by Crippen LogP contribution is 2.44. The third-order valence-electron chi connectivity index (χ3n) is 12.8. The van der Waals surface area contributed by atoms with E-state index in [2.05, 4.69) is 212 Å². The molecule has 3 nitrogen and oxygen atoms in total. The van der Waals surface area contributed by atoms with Gasteiger partial charge in [0, 0.05) is 38.4 Å². The van der Waals surface area contributed by atoms with Crippen LogP contribution in [0.3, 0.4) is 0 Å². The molecule has 0 unspecified atom stereocenters. The molecule has 286 valence electrons. The highest BCUT2D eigenvalue weighted by Gasteiger charge is 2.20. The quantitative estimate of drug-likeness (QED) is 0.167. The van der Waals surface area contributed by atoms with Gasteiger partial charge in [-0.05, 0) is 95.0 Å². The number of pyridine rings is 1. The summed E-state index contributed by atoms with van der Waals surface area (Å²) in [5.74, 6) is 0.689. The standard InChI is InChI=1S/C59H35N3/c1-3-20-40-36(16-1)33-51(46-26-7-5-22-42(40)46)55-35-54(61-59(62-55)52-34-37-17-2-4-21-41(37)43-23-6-8-27-47(43)52)38-18-15-19-39(32-38)58-57-49-29-12-10-25-45(49)44-24-9-11-28-48(44)56(57)50-30-13-14-31-53(50)60-58/h1-35H. The molecule has 0 bridgehead atoms. The lowest BCUT2D eigenvalue weighted by Crippen LogP contribution is -1.98. The Kier molecular flexibility index (Phi) is 7.60. The fraction of sp³-hybridized carbons (Fsp3) is 0. The largest absolute Gasteiger partial charge is 0.247 e. The van der Waals surface area contributed by atoms with Crippen molar-refractivity contribution in [1.82, 2.24) is 15.0 Å². The maximum atomic E-state index is 5.51. The van der Waals surface area contributed by atoms with Gasteiger partial charge >= 0.3 is 0 Å². The van der Waals surface area contributed by atoms with Crippen molar-refractivity contribution in [3.63, 3.8) is 0 Å². The van der Waals surface area contributed by atoms with Gasteiger partial charge in [0.2, 0.25) is 0 Å². The molecule has 0 amide bonds. The van der Waals surface area contributed by atoms with Gasteiger partial charge in [0.15, 0.2) is 5.82 Å². The summed E-state index contributed by atoms with van der Waals surface area (Å²) in [4.78, 5) is 16.5. The van der Waals surface area contributed by atoms with E-state index >= 15 is 0 Å². The lowest BCUT2D eigenvalue weighted by Gasteiger charge is -2.17. The Balaban J connectivity index is 1.11. The van der Waals surface area contributed by atoms with Crippen LogP contribution in [0.4, 0.5) is 0 Å². The molecule has 3 heteroatoms. The number of nitrogens with zero attached hydrogens (tertiary/aromatic N) is 3. The molecule has 13 aromatic rings. The molecule has 0 aliphatic rings. The molecule has 0 radical (unpaired) electrons. The smallest absolute Gasteiger partial charge is 0.161 e. The van der Waals surface area contributed by atoms with Crippen molar-refractivity contribution < 1.29 is 0 Å². The zero-order valence-corrected chi connectivity index (χ0v) is 33.5. The summed E-state index contributed by atoms with van der Waals surface area (Å²) >= 11 is 0. The Bertz CT molecular complexity index is 3860. The van der Waals surface area contributed by atoms with Gasteiger partial charge in [-0.1, -0.05) is 182 Å². The number of aromatic nitrogens is 3. The zero-order valence-electron chi connectivity index (χ0n) is 33.5. The van der Waals surface area contributed by atoms with Crippen LogP contribution in [0.5, 0.6) is 0 Å². The number of hydrogen-bond donors (Lipinski definition) is 0. The normalized spacial score (nSPS) is 11.9. The van der Waals surface area contributed by atoms with E-state index in [0.717, 1.165) is 71.8 Å². The minimum Gasteiger partial charge on any atom is -0.247 e. The molecule has 0 aliphatic carbocycles. The van der Waals surface area contributed by atoms with Crippen molar-refractivity contribution in [3.05, 3.63) is 212 Å². The summed E-state index contributed by atoms with van der Waals surface area (Å²) in [6, 6.07) is 76.2. The Morgan fingerprint density at radius 1 is 0.258 bits per heavy atom. The summed E-state index contributed by atoms with van der Waals surface area (Å²) in [6.07, 6.45) is 0. The topological polar surface area (TPSA) is 38.7 Å². The van der Waals surface area contributed by atoms with Gasteiger partial charge < -0.3 is 0 Å². The monoisotopic (exact) mass is 785 g/mol. The van der Waals surface area contributed by atoms with E-state index in [1.165, 1.54) is 53.9 Å². The summed E-state index contributed by atoms with van der Waals surface area (Å²) < 4.78 is 0. The molecule has 13 rings (SSSR count). The third kappa shape index (κ3) is 5.28. The van der Waals surface area contributed by atoms with Crippen molar-refractivity contribution in [1.29, 1.82) is 0 Å². The van der Waals surface area contributed by atoms with Crippen LogP contribution in [0.25, 0.3) is 131 Å². The molecule has 0 fully saturated rings. The maximum absolute atomic E-state index is 5.51. The van der Waals surface area contributed by atoms with Crippen LogP contribution < -0.4 is 0 Å². The Labute approximate surface area is 357 Å². The van der Waals surface area contributed by atoms with Crippen molar-refractivity contribution in [2.24, 2.45) is 0 Å². The Morgan fingerprint density at radius 3 is 1.35 bits per heavy atom. The molecule has 0 spiro atoms. The molecule has 62 heavy (non-hydrogen) atoms. The number of benzene rings is 11. The summed E-state index contributed by atoms with van der Waals surface area (Å²) in [5, 5.41) is 17.9. The average Bonchev–Trinajstić information content (AvgIpc) is 3.35. The zero-order chi connectivity index (χ0) is 40.7. The SMILES string of the molecule is c1cc(-c2cc(-c3cc4ccccc4c4ccccc34)nc(-c3cc4ccccc4c4ccccc34)n2)cc(-c2nc3ccccc3c3c4ccccc4c4ccccc4c23)c1. The van der Waals surface area contributed by atoms with Crippen molar-refractivity contribution in [2.75, 3.05) is 0 Å². The number of rotatable bonds is 4. The third-order valence-corrected chi connectivity index (χ3v) is 12.8. The fourth-order valence-electron chi connectivity index (χ4n) is 10.0. The molecule has 2 heterocycles. The molecule has 2 aromatic heterocycles. The van der Waals surface area contributed by atoms with E-state index in [1.807, 2.05) is 0 Å². The van der Waals surface area contributed by atoms with E-state index in [9.17, 15) is 0 Å². The lowest BCUT2D eigenvalue weighted by molar-refractivity contribution is 1.19. The van der Waals surface area contributed by atoms with Crippen molar-refractivity contribution >= 4 is 86.3 Å². The minimum atomic E-state index is 0.689. The Morgan fingerprint density at radius 2 is 0.710 bits per heavy atom. The van der Waals surface area contributed by atoms with E-state index in [4.69, 9.17) is 15.0 Å². The van der Waals surface area contributed by atoms with Gasteiger partial charge in [-0.2, -0.15) is 0 Å². The lowest BCUT2D eigenvalue weighted by atomic mass is 9.89.